The van der Waals surface area contributed by atoms with Gasteiger partial charge in [-0.2, -0.15) is 0 Å². The van der Waals surface area contributed by atoms with Crippen LogP contribution in [0.5, 0.6) is 0 Å². The Morgan fingerprint density at radius 2 is 1.90 bits per heavy atom. The number of unbranched alkanes of at least 4 members (excludes halogenated alkanes) is 1. The number of rotatable bonds is 9. The second-order valence-corrected chi connectivity index (χ2v) is 7.20. The van der Waals surface area contributed by atoms with Crippen LogP contribution in [-0.4, -0.2) is 14.5 Å². The second kappa shape index (κ2) is 8.51. The highest BCUT2D eigenvalue weighted by Gasteiger charge is 2.15. The largest absolute Gasteiger partial charge is 0.307 e. The number of benzene rings is 1. The molecule has 120 valence electrons. The molecule has 0 amide bonds. The van der Waals surface area contributed by atoms with Gasteiger partial charge in [0.15, 0.2) is 0 Å². The Labute approximate surface area is 129 Å². The molecular formula is C16H28N2O2S. The third-order valence-corrected chi connectivity index (χ3v) is 4.63. The van der Waals surface area contributed by atoms with Crippen LogP contribution in [0.2, 0.25) is 0 Å². The molecule has 1 rings (SSSR count). The summed E-state index contributed by atoms with van der Waals surface area (Å²) < 4.78 is 22.9. The molecule has 0 bridgehead atoms. The highest BCUT2D eigenvalue weighted by Crippen LogP contribution is 2.19. The summed E-state index contributed by atoms with van der Waals surface area (Å²) in [4.78, 5) is 0.175. The molecule has 3 N–H and O–H groups in total. The van der Waals surface area contributed by atoms with Crippen molar-refractivity contribution in [3.8, 4) is 0 Å². The van der Waals surface area contributed by atoms with Crippen LogP contribution in [0.15, 0.2) is 29.2 Å². The summed E-state index contributed by atoms with van der Waals surface area (Å²) >= 11 is 0. The summed E-state index contributed by atoms with van der Waals surface area (Å²) in [5.41, 5.74) is 0.958. The van der Waals surface area contributed by atoms with E-state index in [-0.39, 0.29) is 10.9 Å². The molecule has 0 aromatic heterocycles. The fourth-order valence-electron chi connectivity index (χ4n) is 2.52. The lowest BCUT2D eigenvalue weighted by molar-refractivity contribution is 0.396. The first kappa shape index (κ1) is 18.1. The summed E-state index contributed by atoms with van der Waals surface area (Å²) in [5.74, 6) is 0. The Kier molecular flexibility index (Phi) is 7.35. The fourth-order valence-corrected chi connectivity index (χ4v) is 3.09. The molecule has 5 heteroatoms. The maximum Gasteiger partial charge on any atom is 0.238 e. The van der Waals surface area contributed by atoms with Crippen molar-refractivity contribution in [3.63, 3.8) is 0 Å². The Balaban J connectivity index is 2.79. The number of hydrogen-bond donors (Lipinski definition) is 2. The van der Waals surface area contributed by atoms with Crippen LogP contribution in [0.25, 0.3) is 0 Å². The monoisotopic (exact) mass is 312 g/mol. The van der Waals surface area contributed by atoms with Crippen LogP contribution in [0, 0.1) is 0 Å². The lowest BCUT2D eigenvalue weighted by Crippen LogP contribution is -2.31. The summed E-state index contributed by atoms with van der Waals surface area (Å²) in [7, 11) is -3.64. The molecule has 1 aromatic rings. The van der Waals surface area contributed by atoms with Crippen LogP contribution in [-0.2, 0) is 10.0 Å². The molecule has 0 fully saturated rings. The first-order chi connectivity index (χ1) is 9.88. The van der Waals surface area contributed by atoms with Crippen LogP contribution in [0.4, 0.5) is 0 Å². The number of nitrogens with one attached hydrogen (secondary N) is 1. The molecule has 0 aliphatic heterocycles. The van der Waals surface area contributed by atoms with Gasteiger partial charge >= 0.3 is 0 Å². The Bertz CT molecular complexity index is 529. The van der Waals surface area contributed by atoms with Crippen molar-refractivity contribution in [2.24, 2.45) is 5.14 Å². The minimum Gasteiger partial charge on any atom is -0.307 e. The molecule has 2 unspecified atom stereocenters. The smallest absolute Gasteiger partial charge is 0.238 e. The quantitative estimate of drug-likeness (QED) is 0.734. The minimum atomic E-state index is -3.64. The third-order valence-electron chi connectivity index (χ3n) is 3.72. The van der Waals surface area contributed by atoms with E-state index in [0.29, 0.717) is 6.04 Å². The van der Waals surface area contributed by atoms with Gasteiger partial charge in [0, 0.05) is 12.1 Å². The molecule has 2 atom stereocenters. The Morgan fingerprint density at radius 3 is 2.48 bits per heavy atom. The molecule has 0 radical (unpaired) electrons. The molecule has 21 heavy (non-hydrogen) atoms. The van der Waals surface area contributed by atoms with E-state index < -0.39 is 10.0 Å². The fraction of sp³-hybridized carbons (Fsp3) is 0.625. The van der Waals surface area contributed by atoms with Crippen molar-refractivity contribution in [2.45, 2.75) is 69.9 Å². The van der Waals surface area contributed by atoms with Crippen LogP contribution < -0.4 is 10.5 Å². The normalized spacial score (nSPS) is 14.9. The molecule has 4 nitrogen and oxygen atoms in total. The average Bonchev–Trinajstić information content (AvgIpc) is 2.44. The highest BCUT2D eigenvalue weighted by molar-refractivity contribution is 7.89. The van der Waals surface area contributed by atoms with E-state index in [9.17, 15) is 8.42 Å². The van der Waals surface area contributed by atoms with E-state index in [1.165, 1.54) is 18.9 Å². The molecular weight excluding hydrogens is 284 g/mol. The van der Waals surface area contributed by atoms with Gasteiger partial charge in [-0.05, 0) is 37.5 Å². The lowest BCUT2D eigenvalue weighted by atomic mass is 10.0. The molecule has 0 heterocycles. The molecule has 0 aliphatic rings. The zero-order valence-electron chi connectivity index (χ0n) is 13.3. The van der Waals surface area contributed by atoms with Crippen LogP contribution in [0.1, 0.15) is 64.5 Å². The van der Waals surface area contributed by atoms with Gasteiger partial charge in [0.1, 0.15) is 0 Å². The third kappa shape index (κ3) is 6.16. The van der Waals surface area contributed by atoms with Crippen molar-refractivity contribution in [1.29, 1.82) is 0 Å². The highest BCUT2D eigenvalue weighted by atomic mass is 32.2. The number of sulfonamides is 1. The average molecular weight is 312 g/mol. The first-order valence-electron chi connectivity index (χ1n) is 7.77. The predicted molar refractivity (Wildman–Crippen MR) is 87.6 cm³/mol. The van der Waals surface area contributed by atoms with Crippen LogP contribution in [0.3, 0.4) is 0 Å². The molecule has 0 aliphatic carbocycles. The summed E-state index contributed by atoms with van der Waals surface area (Å²) in [5, 5.41) is 8.80. The topological polar surface area (TPSA) is 72.2 Å². The van der Waals surface area contributed by atoms with E-state index in [2.05, 4.69) is 26.1 Å². The summed E-state index contributed by atoms with van der Waals surface area (Å²) in [6.07, 6.45) is 5.84. The molecule has 1 aromatic carbocycles. The van der Waals surface area contributed by atoms with Crippen LogP contribution >= 0.6 is 0 Å². The van der Waals surface area contributed by atoms with Crippen molar-refractivity contribution in [3.05, 3.63) is 29.8 Å². The maximum absolute atomic E-state index is 11.4. The number of primary sulfonamides is 1. The van der Waals surface area contributed by atoms with Gasteiger partial charge in [0.05, 0.1) is 4.90 Å². The maximum atomic E-state index is 11.4. The number of nitrogens with two attached hydrogens (primary N) is 1. The summed E-state index contributed by atoms with van der Waals surface area (Å²) in [6.45, 7) is 6.45. The van der Waals surface area contributed by atoms with Gasteiger partial charge in [0.2, 0.25) is 10.0 Å². The van der Waals surface area contributed by atoms with Crippen molar-refractivity contribution in [1.82, 2.24) is 5.32 Å². The molecule has 0 saturated heterocycles. The Hall–Kier alpha value is -0.910. The van der Waals surface area contributed by atoms with Crippen molar-refractivity contribution < 1.29 is 8.42 Å². The van der Waals surface area contributed by atoms with Gasteiger partial charge in [-0.1, -0.05) is 45.2 Å². The number of hydrogen-bond acceptors (Lipinski definition) is 3. The van der Waals surface area contributed by atoms with Gasteiger partial charge in [-0.25, -0.2) is 13.6 Å². The van der Waals surface area contributed by atoms with Gasteiger partial charge in [-0.15, -0.1) is 0 Å². The lowest BCUT2D eigenvalue weighted by Gasteiger charge is -2.23. The van der Waals surface area contributed by atoms with Gasteiger partial charge < -0.3 is 5.32 Å². The van der Waals surface area contributed by atoms with E-state index in [4.69, 9.17) is 5.14 Å². The minimum absolute atomic E-state index is 0.111. The zero-order chi connectivity index (χ0) is 15.9. The van der Waals surface area contributed by atoms with E-state index >= 15 is 0 Å². The van der Waals surface area contributed by atoms with Gasteiger partial charge in [0.25, 0.3) is 0 Å². The zero-order valence-corrected chi connectivity index (χ0v) is 14.1. The summed E-state index contributed by atoms with van der Waals surface area (Å²) in [6, 6.07) is 7.47. The van der Waals surface area contributed by atoms with Crippen molar-refractivity contribution >= 4 is 10.0 Å². The van der Waals surface area contributed by atoms with E-state index in [1.807, 2.05) is 6.07 Å². The molecule has 0 saturated carbocycles. The van der Waals surface area contributed by atoms with Crippen molar-refractivity contribution in [2.75, 3.05) is 0 Å². The second-order valence-electron chi connectivity index (χ2n) is 5.63. The standard InChI is InChI=1S/C16H28N2O2S/c1-4-6-10-15(8-5-2)18-13(3)14-9-7-11-16(12-14)21(17,19)20/h7,9,11-13,15,18H,4-6,8,10H2,1-3H3,(H2,17,19,20). The predicted octanol–water partition coefficient (Wildman–Crippen LogP) is 3.34. The molecule has 0 spiro atoms. The van der Waals surface area contributed by atoms with E-state index in [1.54, 1.807) is 12.1 Å². The first-order valence-corrected chi connectivity index (χ1v) is 9.31. The van der Waals surface area contributed by atoms with Gasteiger partial charge in [-0.3, -0.25) is 0 Å². The SMILES string of the molecule is CCCCC(CCC)NC(C)c1cccc(S(N)(=O)=O)c1. The Morgan fingerprint density at radius 1 is 1.19 bits per heavy atom. The van der Waals surface area contributed by atoms with E-state index in [0.717, 1.165) is 24.8 Å².